The number of hydrogen-bond donors (Lipinski definition) is 1. The van der Waals surface area contributed by atoms with E-state index in [4.69, 9.17) is 4.74 Å². The predicted octanol–water partition coefficient (Wildman–Crippen LogP) is 2.23. The van der Waals surface area contributed by atoms with Crippen molar-refractivity contribution in [3.63, 3.8) is 0 Å². The molecular weight excluding hydrogens is 270 g/mol. The van der Waals surface area contributed by atoms with Gasteiger partial charge in [-0.05, 0) is 11.1 Å². The van der Waals surface area contributed by atoms with E-state index in [0.717, 1.165) is 11.1 Å². The highest BCUT2D eigenvalue weighted by Gasteiger charge is 2.00. The maximum Gasteiger partial charge on any atom is 0.221 e. The van der Waals surface area contributed by atoms with Crippen LogP contribution >= 0.6 is 15.9 Å². The fourth-order valence-electron chi connectivity index (χ4n) is 1.37. The summed E-state index contributed by atoms with van der Waals surface area (Å²) in [5.41, 5.74) is 2.22. The van der Waals surface area contributed by atoms with Gasteiger partial charge in [-0.2, -0.15) is 0 Å². The van der Waals surface area contributed by atoms with Crippen molar-refractivity contribution in [2.24, 2.45) is 0 Å². The molecule has 0 radical (unpaired) electrons. The van der Waals surface area contributed by atoms with Crippen molar-refractivity contribution in [3.05, 3.63) is 35.4 Å². The van der Waals surface area contributed by atoms with Crippen LogP contribution in [0.1, 0.15) is 17.5 Å². The van der Waals surface area contributed by atoms with Crippen LogP contribution in [0.15, 0.2) is 24.3 Å². The fourth-order valence-corrected chi connectivity index (χ4v) is 1.73. The van der Waals surface area contributed by atoms with Crippen molar-refractivity contribution in [2.45, 2.75) is 19.6 Å². The van der Waals surface area contributed by atoms with E-state index in [1.165, 1.54) is 0 Å². The van der Waals surface area contributed by atoms with Crippen LogP contribution in [0.25, 0.3) is 0 Å². The van der Waals surface area contributed by atoms with E-state index >= 15 is 0 Å². The first kappa shape index (κ1) is 13.2. The molecule has 0 bridgehead atoms. The Bertz CT molecular complexity index is 342. The second-order valence-corrected chi connectivity index (χ2v) is 4.26. The number of methoxy groups -OCH3 is 1. The van der Waals surface area contributed by atoms with Crippen molar-refractivity contribution in [3.8, 4) is 0 Å². The van der Waals surface area contributed by atoms with Gasteiger partial charge in [0.05, 0.1) is 6.61 Å². The van der Waals surface area contributed by atoms with E-state index < -0.39 is 0 Å². The Morgan fingerprint density at radius 2 is 2.19 bits per heavy atom. The lowest BCUT2D eigenvalue weighted by atomic mass is 10.1. The Morgan fingerprint density at radius 3 is 2.88 bits per heavy atom. The molecule has 16 heavy (non-hydrogen) atoms. The van der Waals surface area contributed by atoms with Crippen LogP contribution in [-0.4, -0.2) is 18.3 Å². The van der Waals surface area contributed by atoms with E-state index in [9.17, 15) is 4.79 Å². The van der Waals surface area contributed by atoms with E-state index in [1.54, 1.807) is 7.11 Å². The summed E-state index contributed by atoms with van der Waals surface area (Å²) in [5, 5.41) is 3.56. The quantitative estimate of drug-likeness (QED) is 0.814. The molecule has 0 unspecified atom stereocenters. The van der Waals surface area contributed by atoms with Gasteiger partial charge in [0.1, 0.15) is 0 Å². The molecule has 0 saturated carbocycles. The number of benzene rings is 1. The zero-order chi connectivity index (χ0) is 11.8. The van der Waals surface area contributed by atoms with Gasteiger partial charge in [-0.1, -0.05) is 40.2 Å². The van der Waals surface area contributed by atoms with E-state index in [1.807, 2.05) is 24.3 Å². The van der Waals surface area contributed by atoms with Gasteiger partial charge < -0.3 is 10.1 Å². The molecule has 0 spiro atoms. The molecule has 1 rings (SSSR count). The monoisotopic (exact) mass is 285 g/mol. The standard InChI is InChI=1S/C12H16BrNO2/c1-16-9-11-4-2-3-10(7-11)8-14-12(15)5-6-13/h2-4,7H,5-6,8-9H2,1H3,(H,14,15). The van der Waals surface area contributed by atoms with Crippen LogP contribution in [0, 0.1) is 0 Å². The minimum Gasteiger partial charge on any atom is -0.380 e. The van der Waals surface area contributed by atoms with Gasteiger partial charge in [0, 0.05) is 25.4 Å². The van der Waals surface area contributed by atoms with Gasteiger partial charge in [-0.25, -0.2) is 0 Å². The Morgan fingerprint density at radius 1 is 1.44 bits per heavy atom. The number of carbonyl (C=O) groups excluding carboxylic acids is 1. The molecule has 4 heteroatoms. The lowest BCUT2D eigenvalue weighted by Crippen LogP contribution is -2.22. The molecule has 1 aromatic rings. The summed E-state index contributed by atoms with van der Waals surface area (Å²) in [6.07, 6.45) is 0.512. The number of rotatable bonds is 6. The molecule has 1 aromatic carbocycles. The number of halogens is 1. The minimum absolute atomic E-state index is 0.0639. The van der Waals surface area contributed by atoms with Crippen LogP contribution in [0.4, 0.5) is 0 Å². The van der Waals surface area contributed by atoms with Gasteiger partial charge >= 0.3 is 0 Å². The molecule has 1 amide bonds. The number of hydrogen-bond acceptors (Lipinski definition) is 2. The maximum atomic E-state index is 11.3. The highest BCUT2D eigenvalue weighted by atomic mass is 79.9. The summed E-state index contributed by atoms with van der Waals surface area (Å²) in [6, 6.07) is 8.01. The summed E-state index contributed by atoms with van der Waals surface area (Å²) in [4.78, 5) is 11.3. The molecule has 0 saturated heterocycles. The first-order chi connectivity index (χ1) is 7.76. The van der Waals surface area contributed by atoms with Crippen molar-refractivity contribution >= 4 is 21.8 Å². The maximum absolute atomic E-state index is 11.3. The SMILES string of the molecule is COCc1cccc(CNC(=O)CCBr)c1. The Labute approximate surface area is 104 Å². The van der Waals surface area contributed by atoms with Crippen molar-refractivity contribution in [1.82, 2.24) is 5.32 Å². The second-order valence-electron chi connectivity index (χ2n) is 3.47. The molecule has 0 aliphatic rings. The molecule has 0 heterocycles. The molecule has 3 nitrogen and oxygen atoms in total. The van der Waals surface area contributed by atoms with E-state index in [0.29, 0.717) is 24.9 Å². The summed E-state index contributed by atoms with van der Waals surface area (Å²) >= 11 is 3.23. The van der Waals surface area contributed by atoms with Gasteiger partial charge in [0.25, 0.3) is 0 Å². The number of carbonyl (C=O) groups is 1. The minimum atomic E-state index is 0.0639. The largest absolute Gasteiger partial charge is 0.380 e. The third-order valence-electron chi connectivity index (χ3n) is 2.11. The molecule has 1 N–H and O–H groups in total. The van der Waals surface area contributed by atoms with Gasteiger partial charge in [-0.15, -0.1) is 0 Å². The van der Waals surface area contributed by atoms with Crippen LogP contribution in [-0.2, 0) is 22.7 Å². The Kier molecular flexibility index (Phi) is 6.11. The summed E-state index contributed by atoms with van der Waals surface area (Å²) in [6.45, 7) is 1.17. The number of nitrogens with one attached hydrogen (secondary N) is 1. The average molecular weight is 286 g/mol. The zero-order valence-corrected chi connectivity index (χ0v) is 10.9. The van der Waals surface area contributed by atoms with Gasteiger partial charge in [0.15, 0.2) is 0 Å². The lowest BCUT2D eigenvalue weighted by molar-refractivity contribution is -0.120. The van der Waals surface area contributed by atoms with Crippen molar-refractivity contribution < 1.29 is 9.53 Å². The topological polar surface area (TPSA) is 38.3 Å². The third-order valence-corrected chi connectivity index (χ3v) is 2.51. The number of alkyl halides is 1. The number of ether oxygens (including phenoxy) is 1. The Balaban J connectivity index is 2.47. The zero-order valence-electron chi connectivity index (χ0n) is 9.33. The molecule has 0 aliphatic heterocycles. The molecular formula is C12H16BrNO2. The Hall–Kier alpha value is -0.870. The van der Waals surface area contributed by atoms with Crippen LogP contribution in [0.5, 0.6) is 0 Å². The van der Waals surface area contributed by atoms with Crippen LogP contribution in [0.3, 0.4) is 0 Å². The molecule has 0 aliphatic carbocycles. The first-order valence-electron chi connectivity index (χ1n) is 5.15. The van der Waals surface area contributed by atoms with Crippen molar-refractivity contribution in [2.75, 3.05) is 12.4 Å². The van der Waals surface area contributed by atoms with Crippen LogP contribution < -0.4 is 5.32 Å². The summed E-state index contributed by atoms with van der Waals surface area (Å²) < 4.78 is 5.05. The second kappa shape index (κ2) is 7.41. The summed E-state index contributed by atoms with van der Waals surface area (Å²) in [7, 11) is 1.67. The van der Waals surface area contributed by atoms with Crippen LogP contribution in [0.2, 0.25) is 0 Å². The molecule has 0 atom stereocenters. The highest BCUT2D eigenvalue weighted by molar-refractivity contribution is 9.09. The number of amides is 1. The lowest BCUT2D eigenvalue weighted by Gasteiger charge is -2.06. The van der Waals surface area contributed by atoms with Gasteiger partial charge in [0.2, 0.25) is 5.91 Å². The third kappa shape index (κ3) is 4.77. The smallest absolute Gasteiger partial charge is 0.221 e. The van der Waals surface area contributed by atoms with Crippen molar-refractivity contribution in [1.29, 1.82) is 0 Å². The first-order valence-corrected chi connectivity index (χ1v) is 6.28. The van der Waals surface area contributed by atoms with E-state index in [-0.39, 0.29) is 5.91 Å². The predicted molar refractivity (Wildman–Crippen MR) is 67.4 cm³/mol. The fraction of sp³-hybridized carbons (Fsp3) is 0.417. The normalized spacial score (nSPS) is 10.1. The molecule has 88 valence electrons. The average Bonchev–Trinajstić information content (AvgIpc) is 2.28. The highest BCUT2D eigenvalue weighted by Crippen LogP contribution is 2.06. The summed E-state index contributed by atoms with van der Waals surface area (Å²) in [5.74, 6) is 0.0639. The van der Waals surface area contributed by atoms with Gasteiger partial charge in [-0.3, -0.25) is 4.79 Å². The molecule has 0 aromatic heterocycles. The van der Waals surface area contributed by atoms with E-state index in [2.05, 4.69) is 21.2 Å². The molecule has 0 fully saturated rings.